The third kappa shape index (κ3) is 3.39. The van der Waals surface area contributed by atoms with E-state index in [-0.39, 0.29) is 6.23 Å². The van der Waals surface area contributed by atoms with Gasteiger partial charge in [-0.3, -0.25) is 0 Å². The van der Waals surface area contributed by atoms with E-state index in [0.717, 1.165) is 12.1 Å². The molecule has 0 spiro atoms. The molecule has 0 amide bonds. The van der Waals surface area contributed by atoms with E-state index in [0.29, 0.717) is 28.3 Å². The maximum atomic E-state index is 6.04. The summed E-state index contributed by atoms with van der Waals surface area (Å²) in [6.07, 6.45) is 1.54. The largest absolute Gasteiger partial charge is 0.359 e. The van der Waals surface area contributed by atoms with Crippen molar-refractivity contribution in [1.82, 2.24) is 10.2 Å². The summed E-state index contributed by atoms with van der Waals surface area (Å²) in [7, 11) is 0. The first kappa shape index (κ1) is 14.6. The summed E-state index contributed by atoms with van der Waals surface area (Å²) in [5.74, 6) is 0. The fourth-order valence-corrected chi connectivity index (χ4v) is 2.46. The molecule has 19 heavy (non-hydrogen) atoms. The molecule has 0 bridgehead atoms. The molecule has 2 rings (SSSR count). The van der Waals surface area contributed by atoms with Crippen LogP contribution in [0.3, 0.4) is 0 Å². The van der Waals surface area contributed by atoms with Crippen LogP contribution in [0.5, 0.6) is 0 Å². The number of ether oxygens (including phenoxy) is 1. The number of thiocarbonyl (C=S) groups is 1. The zero-order valence-corrected chi connectivity index (χ0v) is 12.6. The van der Waals surface area contributed by atoms with Crippen molar-refractivity contribution in [2.45, 2.75) is 6.23 Å². The molecule has 0 saturated carbocycles. The highest BCUT2D eigenvalue weighted by molar-refractivity contribution is 7.80. The van der Waals surface area contributed by atoms with Crippen LogP contribution in [-0.2, 0) is 4.74 Å². The highest BCUT2D eigenvalue weighted by atomic mass is 35.5. The maximum absolute atomic E-state index is 6.04. The topological polar surface area (TPSA) is 24.5 Å². The normalized spacial score (nSPS) is 18.4. The van der Waals surface area contributed by atoms with Gasteiger partial charge < -0.3 is 15.0 Å². The summed E-state index contributed by atoms with van der Waals surface area (Å²) in [5, 5.41) is 4.79. The van der Waals surface area contributed by atoms with Crippen LogP contribution in [0.4, 0.5) is 0 Å². The minimum Gasteiger partial charge on any atom is -0.359 e. The van der Waals surface area contributed by atoms with Gasteiger partial charge in [-0.15, -0.1) is 6.58 Å². The standard InChI is InChI=1S/C13H14Cl2N2OS/c1-2-5-16-13(19)17-6-7-18-12(17)9-3-4-10(14)11(15)8-9/h2-4,8,12H,1,5-7H2,(H,16,19). The van der Waals surface area contributed by atoms with Gasteiger partial charge in [-0.05, 0) is 24.4 Å². The molecule has 1 aromatic carbocycles. The fourth-order valence-electron chi connectivity index (χ4n) is 1.88. The molecule has 0 aromatic heterocycles. The summed E-state index contributed by atoms with van der Waals surface area (Å²) in [5.41, 5.74) is 0.939. The van der Waals surface area contributed by atoms with Crippen LogP contribution in [0, 0.1) is 0 Å². The zero-order valence-electron chi connectivity index (χ0n) is 10.2. The molecular weight excluding hydrogens is 303 g/mol. The van der Waals surface area contributed by atoms with Crippen LogP contribution in [0.15, 0.2) is 30.9 Å². The second-order valence-corrected chi connectivity index (χ2v) is 5.27. The van der Waals surface area contributed by atoms with Gasteiger partial charge in [0.25, 0.3) is 0 Å². The number of hydrogen-bond donors (Lipinski definition) is 1. The first-order valence-electron chi connectivity index (χ1n) is 5.85. The third-order valence-electron chi connectivity index (χ3n) is 2.78. The van der Waals surface area contributed by atoms with Gasteiger partial charge in [-0.2, -0.15) is 0 Å². The van der Waals surface area contributed by atoms with Crippen molar-refractivity contribution in [2.75, 3.05) is 19.7 Å². The molecule has 1 atom stereocenters. The van der Waals surface area contributed by atoms with Gasteiger partial charge in [0, 0.05) is 18.7 Å². The van der Waals surface area contributed by atoms with Crippen LogP contribution in [0.1, 0.15) is 11.8 Å². The minimum atomic E-state index is -0.223. The third-order valence-corrected chi connectivity index (χ3v) is 3.90. The van der Waals surface area contributed by atoms with Gasteiger partial charge in [-0.1, -0.05) is 35.3 Å². The van der Waals surface area contributed by atoms with E-state index in [1.807, 2.05) is 17.0 Å². The summed E-state index contributed by atoms with van der Waals surface area (Å²) >= 11 is 17.3. The van der Waals surface area contributed by atoms with Crippen LogP contribution < -0.4 is 5.32 Å². The Morgan fingerprint density at radius 2 is 2.32 bits per heavy atom. The Morgan fingerprint density at radius 3 is 3.00 bits per heavy atom. The molecular formula is C13H14Cl2N2OS. The Kier molecular flexibility index (Phi) is 5.05. The molecule has 3 nitrogen and oxygen atoms in total. The predicted molar refractivity (Wildman–Crippen MR) is 82.7 cm³/mol. The first-order valence-corrected chi connectivity index (χ1v) is 7.02. The van der Waals surface area contributed by atoms with E-state index in [2.05, 4.69) is 11.9 Å². The molecule has 1 aliphatic heterocycles. The number of hydrogen-bond acceptors (Lipinski definition) is 2. The Bertz CT molecular complexity index is 496. The van der Waals surface area contributed by atoms with E-state index >= 15 is 0 Å². The van der Waals surface area contributed by atoms with E-state index in [1.165, 1.54) is 0 Å². The molecule has 1 aromatic rings. The number of benzene rings is 1. The molecule has 1 aliphatic rings. The Balaban J connectivity index is 2.15. The predicted octanol–water partition coefficient (Wildman–Crippen LogP) is 3.38. The summed E-state index contributed by atoms with van der Waals surface area (Å²) in [6, 6.07) is 5.47. The lowest BCUT2D eigenvalue weighted by molar-refractivity contribution is 0.0630. The quantitative estimate of drug-likeness (QED) is 0.682. The fraction of sp³-hybridized carbons (Fsp3) is 0.308. The van der Waals surface area contributed by atoms with Gasteiger partial charge in [0.15, 0.2) is 11.3 Å². The van der Waals surface area contributed by atoms with Crippen molar-refractivity contribution >= 4 is 40.5 Å². The van der Waals surface area contributed by atoms with E-state index < -0.39 is 0 Å². The van der Waals surface area contributed by atoms with Crippen molar-refractivity contribution < 1.29 is 4.74 Å². The van der Waals surface area contributed by atoms with Crippen LogP contribution >= 0.6 is 35.4 Å². The molecule has 0 radical (unpaired) electrons. The molecule has 1 saturated heterocycles. The Morgan fingerprint density at radius 1 is 1.53 bits per heavy atom. The van der Waals surface area contributed by atoms with Crippen molar-refractivity contribution in [3.63, 3.8) is 0 Å². The highest BCUT2D eigenvalue weighted by Gasteiger charge is 2.29. The van der Waals surface area contributed by atoms with E-state index in [1.54, 1.807) is 12.1 Å². The van der Waals surface area contributed by atoms with Crippen LogP contribution in [-0.4, -0.2) is 29.7 Å². The molecule has 1 heterocycles. The first-order chi connectivity index (χ1) is 9.13. The maximum Gasteiger partial charge on any atom is 0.171 e. The van der Waals surface area contributed by atoms with Crippen LogP contribution in [0.25, 0.3) is 0 Å². The van der Waals surface area contributed by atoms with Crippen LogP contribution in [0.2, 0.25) is 10.0 Å². The Labute approximate surface area is 128 Å². The molecule has 0 aliphatic carbocycles. The summed E-state index contributed by atoms with van der Waals surface area (Å²) in [6.45, 7) is 5.65. The van der Waals surface area contributed by atoms with Crippen molar-refractivity contribution in [2.24, 2.45) is 0 Å². The van der Waals surface area contributed by atoms with Crippen molar-refractivity contribution in [1.29, 1.82) is 0 Å². The summed E-state index contributed by atoms with van der Waals surface area (Å²) in [4.78, 5) is 1.98. The lowest BCUT2D eigenvalue weighted by Gasteiger charge is -2.26. The molecule has 6 heteroatoms. The van der Waals surface area contributed by atoms with E-state index in [4.69, 9.17) is 40.2 Å². The zero-order chi connectivity index (χ0) is 13.8. The molecule has 1 N–H and O–H groups in total. The lowest BCUT2D eigenvalue weighted by atomic mass is 10.2. The highest BCUT2D eigenvalue weighted by Crippen LogP contribution is 2.31. The second kappa shape index (κ2) is 6.57. The number of rotatable bonds is 3. The average Bonchev–Trinajstić information content (AvgIpc) is 2.88. The SMILES string of the molecule is C=CCNC(=S)N1CCOC1c1ccc(Cl)c(Cl)c1. The number of nitrogens with zero attached hydrogens (tertiary/aromatic N) is 1. The lowest BCUT2D eigenvalue weighted by Crippen LogP contribution is -2.39. The van der Waals surface area contributed by atoms with Crippen molar-refractivity contribution in [3.05, 3.63) is 46.5 Å². The van der Waals surface area contributed by atoms with Gasteiger partial charge in [0.2, 0.25) is 0 Å². The average molecular weight is 317 g/mol. The Hall–Kier alpha value is -0.810. The molecule has 1 fully saturated rings. The van der Waals surface area contributed by atoms with E-state index in [9.17, 15) is 0 Å². The summed E-state index contributed by atoms with van der Waals surface area (Å²) < 4.78 is 5.72. The van der Waals surface area contributed by atoms with Gasteiger partial charge in [-0.25, -0.2) is 0 Å². The molecule has 102 valence electrons. The van der Waals surface area contributed by atoms with Gasteiger partial charge >= 0.3 is 0 Å². The molecule has 1 unspecified atom stereocenters. The van der Waals surface area contributed by atoms with Gasteiger partial charge in [0.1, 0.15) is 0 Å². The second-order valence-electron chi connectivity index (χ2n) is 4.06. The smallest absolute Gasteiger partial charge is 0.171 e. The minimum absolute atomic E-state index is 0.223. The number of halogens is 2. The van der Waals surface area contributed by atoms with Gasteiger partial charge in [0.05, 0.1) is 16.7 Å². The van der Waals surface area contributed by atoms with Crippen molar-refractivity contribution in [3.8, 4) is 0 Å². The monoisotopic (exact) mass is 316 g/mol. The number of nitrogens with one attached hydrogen (secondary N) is 1.